The Kier molecular flexibility index (Phi) is 3.18. The molecule has 4 rings (SSSR count). The van der Waals surface area contributed by atoms with Crippen LogP contribution in [0.5, 0.6) is 0 Å². The summed E-state index contributed by atoms with van der Waals surface area (Å²) in [4.78, 5) is 0. The normalized spacial score (nSPS) is 21.7. The van der Waals surface area contributed by atoms with Crippen LogP contribution in [0.25, 0.3) is 10.8 Å². The maximum atomic E-state index is 6.00. The Labute approximate surface area is 124 Å². The van der Waals surface area contributed by atoms with Gasteiger partial charge in [-0.05, 0) is 16.3 Å². The van der Waals surface area contributed by atoms with E-state index in [1.165, 1.54) is 21.9 Å². The van der Waals surface area contributed by atoms with Gasteiger partial charge in [0.25, 0.3) is 0 Å². The van der Waals surface area contributed by atoms with E-state index in [9.17, 15) is 0 Å². The molecule has 1 fully saturated rings. The molecular weight excluding hydrogens is 258 g/mol. The van der Waals surface area contributed by atoms with Crippen LogP contribution in [-0.2, 0) is 4.74 Å². The zero-order valence-electron chi connectivity index (χ0n) is 11.7. The number of hydrogen-bond acceptors (Lipinski definition) is 2. The molecule has 0 aliphatic carbocycles. The lowest BCUT2D eigenvalue weighted by atomic mass is 10.0. The summed E-state index contributed by atoms with van der Waals surface area (Å²) in [7, 11) is 0. The maximum Gasteiger partial charge on any atom is 0.135 e. The summed E-state index contributed by atoms with van der Waals surface area (Å²) in [5.74, 6) is 0. The molecule has 1 N–H and O–H groups in total. The molecule has 1 heterocycles. The van der Waals surface area contributed by atoms with Gasteiger partial charge in [0.05, 0.1) is 12.6 Å². The van der Waals surface area contributed by atoms with Crippen LogP contribution in [0, 0.1) is 0 Å². The van der Waals surface area contributed by atoms with Crippen molar-refractivity contribution in [1.82, 2.24) is 5.32 Å². The van der Waals surface area contributed by atoms with Gasteiger partial charge in [0.1, 0.15) is 6.23 Å². The van der Waals surface area contributed by atoms with Crippen molar-refractivity contribution in [2.45, 2.75) is 12.3 Å². The third kappa shape index (κ3) is 2.33. The summed E-state index contributed by atoms with van der Waals surface area (Å²) >= 11 is 0. The van der Waals surface area contributed by atoms with Gasteiger partial charge in [-0.2, -0.15) is 0 Å². The highest BCUT2D eigenvalue weighted by Crippen LogP contribution is 2.32. The van der Waals surface area contributed by atoms with Gasteiger partial charge >= 0.3 is 0 Å². The molecule has 0 bridgehead atoms. The van der Waals surface area contributed by atoms with Crippen molar-refractivity contribution in [2.75, 3.05) is 6.61 Å². The third-order valence-electron chi connectivity index (χ3n) is 4.09. The Morgan fingerprint density at radius 3 is 2.48 bits per heavy atom. The number of nitrogens with one attached hydrogen (secondary N) is 1. The Morgan fingerprint density at radius 1 is 0.810 bits per heavy atom. The molecule has 1 aliphatic heterocycles. The van der Waals surface area contributed by atoms with Crippen LogP contribution in [0.3, 0.4) is 0 Å². The third-order valence-corrected chi connectivity index (χ3v) is 4.09. The van der Waals surface area contributed by atoms with Crippen LogP contribution < -0.4 is 5.32 Å². The van der Waals surface area contributed by atoms with E-state index >= 15 is 0 Å². The number of benzene rings is 3. The second kappa shape index (κ2) is 5.32. The second-order valence-electron chi connectivity index (χ2n) is 5.41. The molecule has 1 saturated heterocycles. The second-order valence-corrected chi connectivity index (χ2v) is 5.41. The highest BCUT2D eigenvalue weighted by Gasteiger charge is 2.27. The van der Waals surface area contributed by atoms with Gasteiger partial charge in [-0.1, -0.05) is 72.8 Å². The number of fused-ring (bicyclic) bond motifs is 1. The first-order chi connectivity index (χ1) is 10.4. The van der Waals surface area contributed by atoms with Crippen molar-refractivity contribution in [3.63, 3.8) is 0 Å². The minimum absolute atomic E-state index is 0.0405. The Bertz CT molecular complexity index is 748. The van der Waals surface area contributed by atoms with E-state index in [4.69, 9.17) is 4.74 Å². The van der Waals surface area contributed by atoms with Gasteiger partial charge in [0.2, 0.25) is 0 Å². The predicted octanol–water partition coefficient (Wildman–Crippen LogP) is 4.20. The van der Waals surface area contributed by atoms with Gasteiger partial charge in [-0.3, -0.25) is 5.32 Å². The summed E-state index contributed by atoms with van der Waals surface area (Å²) < 4.78 is 6.00. The molecule has 2 heteroatoms. The molecule has 104 valence electrons. The van der Waals surface area contributed by atoms with E-state index in [1.54, 1.807) is 0 Å². The zero-order chi connectivity index (χ0) is 14.1. The van der Waals surface area contributed by atoms with Crippen LogP contribution >= 0.6 is 0 Å². The van der Waals surface area contributed by atoms with E-state index in [0.717, 1.165) is 0 Å². The zero-order valence-corrected chi connectivity index (χ0v) is 11.7. The Morgan fingerprint density at radius 2 is 1.57 bits per heavy atom. The summed E-state index contributed by atoms with van der Waals surface area (Å²) in [6, 6.07) is 25.6. The van der Waals surface area contributed by atoms with E-state index in [1.807, 2.05) is 6.07 Å². The van der Waals surface area contributed by atoms with Crippen LogP contribution in [0.2, 0.25) is 0 Å². The fraction of sp³-hybridized carbons (Fsp3) is 0.158. The number of rotatable bonds is 2. The average Bonchev–Trinajstić information content (AvgIpc) is 3.05. The van der Waals surface area contributed by atoms with Gasteiger partial charge in [0.15, 0.2) is 0 Å². The van der Waals surface area contributed by atoms with Crippen molar-refractivity contribution in [2.24, 2.45) is 0 Å². The SMILES string of the molecule is c1ccc([C@H]2CO[C@@H](c3cccc4ccccc34)N2)cc1. The largest absolute Gasteiger partial charge is 0.357 e. The van der Waals surface area contributed by atoms with Crippen LogP contribution in [0.1, 0.15) is 23.4 Å². The minimum Gasteiger partial charge on any atom is -0.357 e. The fourth-order valence-electron chi connectivity index (χ4n) is 3.01. The lowest BCUT2D eigenvalue weighted by Crippen LogP contribution is -2.18. The smallest absolute Gasteiger partial charge is 0.135 e. The van der Waals surface area contributed by atoms with E-state index < -0.39 is 0 Å². The average molecular weight is 275 g/mol. The minimum atomic E-state index is -0.0405. The van der Waals surface area contributed by atoms with Crippen molar-refractivity contribution in [3.05, 3.63) is 83.9 Å². The van der Waals surface area contributed by atoms with Gasteiger partial charge in [-0.25, -0.2) is 0 Å². The molecule has 0 amide bonds. The van der Waals surface area contributed by atoms with Crippen LogP contribution in [-0.4, -0.2) is 6.61 Å². The van der Waals surface area contributed by atoms with Gasteiger partial charge in [-0.15, -0.1) is 0 Å². The Hall–Kier alpha value is -2.16. The summed E-state index contributed by atoms with van der Waals surface area (Å²) in [5, 5.41) is 6.10. The molecule has 3 aromatic carbocycles. The van der Waals surface area contributed by atoms with Crippen molar-refractivity contribution >= 4 is 10.8 Å². The summed E-state index contributed by atoms with van der Waals surface area (Å²) in [5.41, 5.74) is 2.49. The highest BCUT2D eigenvalue weighted by atomic mass is 16.5. The molecule has 0 spiro atoms. The topological polar surface area (TPSA) is 21.3 Å². The van der Waals surface area contributed by atoms with E-state index in [-0.39, 0.29) is 12.3 Å². The lowest BCUT2D eigenvalue weighted by molar-refractivity contribution is 0.102. The molecule has 2 atom stereocenters. The lowest BCUT2D eigenvalue weighted by Gasteiger charge is -2.15. The molecule has 1 aliphatic rings. The maximum absolute atomic E-state index is 6.00. The summed E-state index contributed by atoms with van der Waals surface area (Å²) in [6.07, 6.45) is -0.0405. The first-order valence-corrected chi connectivity index (χ1v) is 7.32. The first-order valence-electron chi connectivity index (χ1n) is 7.32. The molecule has 0 saturated carbocycles. The standard InChI is InChI=1S/C19H17NO/c1-2-8-15(9-3-1)18-13-21-19(20-18)17-12-6-10-14-7-4-5-11-16(14)17/h1-12,18-20H,13H2/t18-,19+/m1/s1. The van der Waals surface area contributed by atoms with Crippen LogP contribution in [0.4, 0.5) is 0 Å². The predicted molar refractivity (Wildman–Crippen MR) is 85.0 cm³/mol. The van der Waals surface area contributed by atoms with Crippen LogP contribution in [0.15, 0.2) is 72.8 Å². The van der Waals surface area contributed by atoms with Gasteiger partial charge < -0.3 is 4.74 Å². The molecule has 0 radical (unpaired) electrons. The van der Waals surface area contributed by atoms with Crippen molar-refractivity contribution in [3.8, 4) is 0 Å². The molecule has 0 unspecified atom stereocenters. The van der Waals surface area contributed by atoms with Gasteiger partial charge in [0, 0.05) is 5.56 Å². The number of ether oxygens (including phenoxy) is 1. The molecule has 3 aromatic rings. The van der Waals surface area contributed by atoms with Crippen molar-refractivity contribution in [1.29, 1.82) is 0 Å². The monoisotopic (exact) mass is 275 g/mol. The van der Waals surface area contributed by atoms with Crippen molar-refractivity contribution < 1.29 is 4.74 Å². The summed E-state index contributed by atoms with van der Waals surface area (Å²) in [6.45, 7) is 0.706. The first kappa shape index (κ1) is 12.6. The quantitative estimate of drug-likeness (QED) is 0.757. The molecule has 0 aromatic heterocycles. The fourth-order valence-corrected chi connectivity index (χ4v) is 3.01. The Balaban J connectivity index is 1.66. The van der Waals surface area contributed by atoms with E-state index in [0.29, 0.717) is 6.61 Å². The molecule has 2 nitrogen and oxygen atoms in total. The molecule has 21 heavy (non-hydrogen) atoms. The molecular formula is C19H17NO. The number of hydrogen-bond donors (Lipinski definition) is 1. The highest BCUT2D eigenvalue weighted by molar-refractivity contribution is 5.85. The van der Waals surface area contributed by atoms with E-state index in [2.05, 4.69) is 72.0 Å².